The van der Waals surface area contributed by atoms with Gasteiger partial charge in [0.05, 0.1) is 0 Å². The van der Waals surface area contributed by atoms with Crippen molar-refractivity contribution in [3.05, 3.63) is 34.2 Å². The summed E-state index contributed by atoms with van der Waals surface area (Å²) in [4.78, 5) is 10.5. The SMILES string of the molecule is O=Cc1ccc2c(c1)=CCNC=2. The first-order chi connectivity index (χ1) is 5.90. The number of carbonyl (C=O) groups is 1. The molecule has 1 aromatic carbocycles. The molecule has 0 aliphatic carbocycles. The molecule has 1 aliphatic rings. The van der Waals surface area contributed by atoms with Crippen molar-refractivity contribution in [1.29, 1.82) is 0 Å². The van der Waals surface area contributed by atoms with E-state index in [9.17, 15) is 4.79 Å². The third-order valence-corrected chi connectivity index (χ3v) is 1.94. The number of hydrogen-bond donors (Lipinski definition) is 1. The molecule has 1 aliphatic heterocycles. The van der Waals surface area contributed by atoms with Gasteiger partial charge in [-0.25, -0.2) is 0 Å². The number of aldehydes is 1. The molecule has 12 heavy (non-hydrogen) atoms. The molecule has 0 bridgehead atoms. The predicted molar refractivity (Wildman–Crippen MR) is 48.0 cm³/mol. The van der Waals surface area contributed by atoms with E-state index in [1.807, 2.05) is 24.4 Å². The number of nitrogens with one attached hydrogen (secondary N) is 1. The quantitative estimate of drug-likeness (QED) is 0.566. The van der Waals surface area contributed by atoms with Crippen molar-refractivity contribution in [2.24, 2.45) is 0 Å². The van der Waals surface area contributed by atoms with Gasteiger partial charge in [-0.05, 0) is 16.5 Å². The molecule has 0 radical (unpaired) electrons. The van der Waals surface area contributed by atoms with E-state index in [0.29, 0.717) is 0 Å². The smallest absolute Gasteiger partial charge is 0.150 e. The van der Waals surface area contributed by atoms with Crippen LogP contribution in [0.25, 0.3) is 12.3 Å². The third kappa shape index (κ3) is 1.11. The highest BCUT2D eigenvalue weighted by Gasteiger charge is 1.93. The Morgan fingerprint density at radius 3 is 3.08 bits per heavy atom. The summed E-state index contributed by atoms with van der Waals surface area (Å²) in [5, 5.41) is 5.39. The monoisotopic (exact) mass is 159 g/mol. The predicted octanol–water partition coefficient (Wildman–Crippen LogP) is -0.379. The lowest BCUT2D eigenvalue weighted by Gasteiger charge is -2.02. The summed E-state index contributed by atoms with van der Waals surface area (Å²) in [5.74, 6) is 0. The van der Waals surface area contributed by atoms with Gasteiger partial charge >= 0.3 is 0 Å². The molecule has 0 fully saturated rings. The number of fused-ring (bicyclic) bond motifs is 1. The van der Waals surface area contributed by atoms with Crippen molar-refractivity contribution in [2.45, 2.75) is 0 Å². The van der Waals surface area contributed by atoms with Crippen LogP contribution in [0.2, 0.25) is 0 Å². The molecule has 0 saturated heterocycles. The lowest BCUT2D eigenvalue weighted by molar-refractivity contribution is 0.112. The van der Waals surface area contributed by atoms with E-state index in [1.165, 1.54) is 0 Å². The zero-order valence-corrected chi connectivity index (χ0v) is 6.58. The first-order valence-electron chi connectivity index (χ1n) is 3.89. The Bertz CT molecular complexity index is 420. The van der Waals surface area contributed by atoms with Crippen LogP contribution in [0, 0.1) is 0 Å². The summed E-state index contributed by atoms with van der Waals surface area (Å²) in [7, 11) is 0. The van der Waals surface area contributed by atoms with Crippen LogP contribution in [0.4, 0.5) is 0 Å². The molecular formula is C10H9NO. The van der Waals surface area contributed by atoms with Gasteiger partial charge in [0.1, 0.15) is 6.29 Å². The van der Waals surface area contributed by atoms with Gasteiger partial charge in [-0.1, -0.05) is 18.2 Å². The van der Waals surface area contributed by atoms with Gasteiger partial charge in [0.25, 0.3) is 0 Å². The molecule has 1 heterocycles. The Morgan fingerprint density at radius 1 is 1.33 bits per heavy atom. The molecule has 2 rings (SSSR count). The fourth-order valence-corrected chi connectivity index (χ4v) is 1.31. The Morgan fingerprint density at radius 2 is 2.25 bits per heavy atom. The molecule has 0 atom stereocenters. The lowest BCUT2D eigenvalue weighted by atomic mass is 10.1. The number of carbonyl (C=O) groups excluding carboxylic acids is 1. The van der Waals surface area contributed by atoms with Crippen LogP contribution in [0.15, 0.2) is 18.2 Å². The summed E-state index contributed by atoms with van der Waals surface area (Å²) >= 11 is 0. The average molecular weight is 159 g/mol. The number of hydrogen-bond acceptors (Lipinski definition) is 2. The van der Waals surface area contributed by atoms with E-state index in [-0.39, 0.29) is 0 Å². The molecule has 60 valence electrons. The summed E-state index contributed by atoms with van der Waals surface area (Å²) in [5.41, 5.74) is 0.736. The largest absolute Gasteiger partial charge is 0.387 e. The second kappa shape index (κ2) is 2.81. The van der Waals surface area contributed by atoms with Gasteiger partial charge < -0.3 is 5.32 Å². The fourth-order valence-electron chi connectivity index (χ4n) is 1.31. The summed E-state index contributed by atoms with van der Waals surface area (Å²) < 4.78 is 0. The molecule has 1 N–H and O–H groups in total. The van der Waals surface area contributed by atoms with Gasteiger partial charge in [0, 0.05) is 18.3 Å². The Kier molecular flexibility index (Phi) is 1.67. The Balaban J connectivity index is 2.73. The van der Waals surface area contributed by atoms with E-state index < -0.39 is 0 Å². The minimum Gasteiger partial charge on any atom is -0.387 e. The third-order valence-electron chi connectivity index (χ3n) is 1.94. The van der Waals surface area contributed by atoms with Crippen molar-refractivity contribution < 1.29 is 4.79 Å². The number of rotatable bonds is 1. The molecule has 1 aromatic rings. The van der Waals surface area contributed by atoms with Crippen molar-refractivity contribution >= 4 is 18.6 Å². The Labute approximate surface area is 70.2 Å². The molecule has 0 aromatic heterocycles. The summed E-state index contributed by atoms with van der Waals surface area (Å²) in [6, 6.07) is 5.67. The zero-order valence-electron chi connectivity index (χ0n) is 6.58. The van der Waals surface area contributed by atoms with E-state index in [0.717, 1.165) is 28.8 Å². The summed E-state index contributed by atoms with van der Waals surface area (Å²) in [6.07, 6.45) is 4.91. The highest BCUT2D eigenvalue weighted by Crippen LogP contribution is 1.86. The van der Waals surface area contributed by atoms with Crippen molar-refractivity contribution in [3.8, 4) is 0 Å². The normalized spacial score (nSPS) is 13.3. The van der Waals surface area contributed by atoms with Crippen LogP contribution in [0.3, 0.4) is 0 Å². The lowest BCUT2D eigenvalue weighted by Crippen LogP contribution is -2.32. The minimum absolute atomic E-state index is 0.736. The van der Waals surface area contributed by atoms with E-state index in [1.54, 1.807) is 0 Å². The second-order valence-electron chi connectivity index (χ2n) is 2.76. The second-order valence-corrected chi connectivity index (χ2v) is 2.76. The first kappa shape index (κ1) is 7.10. The first-order valence-corrected chi connectivity index (χ1v) is 3.89. The van der Waals surface area contributed by atoms with Crippen LogP contribution in [0.5, 0.6) is 0 Å². The van der Waals surface area contributed by atoms with Gasteiger partial charge in [-0.15, -0.1) is 0 Å². The Hall–Kier alpha value is -1.57. The van der Waals surface area contributed by atoms with Crippen LogP contribution in [-0.4, -0.2) is 12.8 Å². The summed E-state index contributed by atoms with van der Waals surface area (Å²) in [6.45, 7) is 0.843. The fraction of sp³-hybridized carbons (Fsp3) is 0.100. The van der Waals surface area contributed by atoms with Gasteiger partial charge in [-0.2, -0.15) is 0 Å². The molecule has 0 saturated carbocycles. The maximum Gasteiger partial charge on any atom is 0.150 e. The molecule has 0 amide bonds. The highest BCUT2D eigenvalue weighted by atomic mass is 16.1. The van der Waals surface area contributed by atoms with E-state index in [4.69, 9.17) is 0 Å². The minimum atomic E-state index is 0.736. The molecular weight excluding hydrogens is 150 g/mol. The van der Waals surface area contributed by atoms with Crippen LogP contribution >= 0.6 is 0 Å². The zero-order chi connectivity index (χ0) is 8.39. The molecule has 2 heteroatoms. The topological polar surface area (TPSA) is 29.1 Å². The molecule has 0 unspecified atom stereocenters. The standard InChI is InChI=1S/C10H9NO/c12-7-8-1-2-10-6-11-4-3-9(10)5-8/h1-3,5-7,11H,4H2. The highest BCUT2D eigenvalue weighted by molar-refractivity contribution is 5.74. The van der Waals surface area contributed by atoms with Crippen LogP contribution in [0.1, 0.15) is 10.4 Å². The van der Waals surface area contributed by atoms with Crippen molar-refractivity contribution in [1.82, 2.24) is 5.32 Å². The van der Waals surface area contributed by atoms with Crippen molar-refractivity contribution in [2.75, 3.05) is 6.54 Å². The van der Waals surface area contributed by atoms with E-state index in [2.05, 4.69) is 11.4 Å². The van der Waals surface area contributed by atoms with E-state index >= 15 is 0 Å². The van der Waals surface area contributed by atoms with Gasteiger partial charge in [-0.3, -0.25) is 4.79 Å². The number of benzene rings is 1. The van der Waals surface area contributed by atoms with Gasteiger partial charge in [0.2, 0.25) is 0 Å². The maximum absolute atomic E-state index is 10.5. The maximum atomic E-state index is 10.5. The van der Waals surface area contributed by atoms with Crippen molar-refractivity contribution in [3.63, 3.8) is 0 Å². The molecule has 0 spiro atoms. The molecule has 2 nitrogen and oxygen atoms in total. The van der Waals surface area contributed by atoms with Crippen LogP contribution < -0.4 is 15.8 Å². The average Bonchev–Trinajstić information content (AvgIpc) is 2.17. The van der Waals surface area contributed by atoms with Gasteiger partial charge in [0.15, 0.2) is 0 Å². The van der Waals surface area contributed by atoms with Crippen LogP contribution in [-0.2, 0) is 0 Å².